The summed E-state index contributed by atoms with van der Waals surface area (Å²) < 4.78 is 67.0. The van der Waals surface area contributed by atoms with Crippen LogP contribution in [0.2, 0.25) is 5.02 Å². The van der Waals surface area contributed by atoms with E-state index in [-0.39, 0.29) is 38.9 Å². The number of carbonyl (C=O) groups is 1. The first-order valence-electron chi connectivity index (χ1n) is 10.3. The van der Waals surface area contributed by atoms with Crippen molar-refractivity contribution < 1.29 is 31.5 Å². The predicted octanol–water partition coefficient (Wildman–Crippen LogP) is 4.17. The Balaban J connectivity index is 2.18. The van der Waals surface area contributed by atoms with Gasteiger partial charge in [0.05, 0.1) is 24.8 Å². The first-order chi connectivity index (χ1) is 16.6. The van der Waals surface area contributed by atoms with Crippen LogP contribution in [0.5, 0.6) is 11.5 Å². The first kappa shape index (κ1) is 26.2. The standard InChI is InChI=1S/C24H23ClF2N2O5S/c1-28-23(30)14-29(35(31,32)18-8-10-21(33-2)22(13-18)34-3)20-9-7-17(25)12-16(20)11-15-5-4-6-19(26)24(15)27/h4-10,12-13H,11,14H2,1-3H3,(H,28,30). The number of benzene rings is 3. The van der Waals surface area contributed by atoms with Gasteiger partial charge in [0.15, 0.2) is 23.1 Å². The molecule has 3 aromatic rings. The molecule has 0 fully saturated rings. The monoisotopic (exact) mass is 524 g/mol. The second-order valence-electron chi connectivity index (χ2n) is 7.36. The van der Waals surface area contributed by atoms with Crippen LogP contribution in [0, 0.1) is 11.6 Å². The molecule has 3 aromatic carbocycles. The van der Waals surface area contributed by atoms with E-state index < -0.39 is 34.1 Å². The van der Waals surface area contributed by atoms with E-state index in [1.54, 1.807) is 0 Å². The zero-order chi connectivity index (χ0) is 25.8. The number of ether oxygens (including phenoxy) is 2. The average molecular weight is 525 g/mol. The van der Waals surface area contributed by atoms with Gasteiger partial charge >= 0.3 is 0 Å². The second kappa shape index (κ2) is 10.9. The van der Waals surface area contributed by atoms with Gasteiger partial charge in [-0.2, -0.15) is 0 Å². The predicted molar refractivity (Wildman–Crippen MR) is 129 cm³/mol. The number of nitrogens with one attached hydrogen (secondary N) is 1. The average Bonchev–Trinajstić information content (AvgIpc) is 2.85. The van der Waals surface area contributed by atoms with E-state index in [2.05, 4.69) is 5.32 Å². The van der Waals surface area contributed by atoms with Gasteiger partial charge in [0.25, 0.3) is 10.0 Å². The quantitative estimate of drug-likeness (QED) is 0.454. The number of hydrogen-bond acceptors (Lipinski definition) is 5. The molecule has 3 rings (SSSR count). The van der Waals surface area contributed by atoms with Crippen LogP contribution in [0.15, 0.2) is 59.5 Å². The van der Waals surface area contributed by atoms with Gasteiger partial charge in [0, 0.05) is 24.6 Å². The molecule has 0 radical (unpaired) electrons. The van der Waals surface area contributed by atoms with Crippen molar-refractivity contribution in [2.45, 2.75) is 11.3 Å². The number of anilines is 1. The normalized spacial score (nSPS) is 11.1. The Morgan fingerprint density at radius 2 is 1.71 bits per heavy atom. The molecule has 11 heteroatoms. The lowest BCUT2D eigenvalue weighted by Crippen LogP contribution is -2.40. The summed E-state index contributed by atoms with van der Waals surface area (Å²) in [7, 11) is -0.193. The molecule has 0 aliphatic heterocycles. The van der Waals surface area contributed by atoms with E-state index >= 15 is 0 Å². The molecule has 186 valence electrons. The van der Waals surface area contributed by atoms with Gasteiger partial charge in [-0.25, -0.2) is 17.2 Å². The molecule has 0 unspecified atom stereocenters. The van der Waals surface area contributed by atoms with Gasteiger partial charge in [-0.1, -0.05) is 23.7 Å². The molecule has 0 aliphatic carbocycles. The zero-order valence-corrected chi connectivity index (χ0v) is 20.7. The number of amides is 1. The maximum atomic E-state index is 14.4. The molecule has 35 heavy (non-hydrogen) atoms. The summed E-state index contributed by atoms with van der Waals surface area (Å²) in [4.78, 5) is 12.2. The summed E-state index contributed by atoms with van der Waals surface area (Å²) in [6, 6.07) is 12.0. The van der Waals surface area contributed by atoms with E-state index in [0.717, 1.165) is 10.4 Å². The molecule has 0 aromatic heterocycles. The van der Waals surface area contributed by atoms with E-state index in [0.29, 0.717) is 5.75 Å². The van der Waals surface area contributed by atoms with E-state index in [9.17, 15) is 22.0 Å². The number of carbonyl (C=O) groups excluding carboxylic acids is 1. The highest BCUT2D eigenvalue weighted by molar-refractivity contribution is 7.92. The number of sulfonamides is 1. The van der Waals surface area contributed by atoms with Crippen molar-refractivity contribution in [1.29, 1.82) is 0 Å². The smallest absolute Gasteiger partial charge is 0.264 e. The maximum absolute atomic E-state index is 14.4. The Labute approximate surface area is 207 Å². The van der Waals surface area contributed by atoms with Crippen molar-refractivity contribution in [3.05, 3.63) is 82.4 Å². The molecule has 1 N–H and O–H groups in total. The lowest BCUT2D eigenvalue weighted by Gasteiger charge is -2.26. The fourth-order valence-corrected chi connectivity index (χ4v) is 5.11. The van der Waals surface area contributed by atoms with Crippen molar-refractivity contribution in [2.75, 3.05) is 32.1 Å². The number of methoxy groups -OCH3 is 2. The van der Waals surface area contributed by atoms with Crippen LogP contribution in [0.3, 0.4) is 0 Å². The number of halogens is 3. The summed E-state index contributed by atoms with van der Waals surface area (Å²) in [5, 5.41) is 2.65. The minimum absolute atomic E-state index is 0.00285. The molecule has 0 saturated heterocycles. The Kier molecular flexibility index (Phi) is 8.18. The molecule has 0 bridgehead atoms. The largest absolute Gasteiger partial charge is 0.493 e. The van der Waals surface area contributed by atoms with Gasteiger partial charge in [-0.05, 0) is 47.5 Å². The summed E-state index contributed by atoms with van der Waals surface area (Å²) in [5.74, 6) is -2.19. The third-order valence-corrected chi connectivity index (χ3v) is 7.22. The SMILES string of the molecule is CNC(=O)CN(c1ccc(Cl)cc1Cc1cccc(F)c1F)S(=O)(=O)c1ccc(OC)c(OC)c1. The van der Waals surface area contributed by atoms with Crippen LogP contribution in [-0.4, -0.2) is 42.1 Å². The fourth-order valence-electron chi connectivity index (χ4n) is 3.44. The summed E-state index contributed by atoms with van der Waals surface area (Å²) >= 11 is 6.15. The molecule has 0 saturated carbocycles. The van der Waals surface area contributed by atoms with Crippen molar-refractivity contribution in [1.82, 2.24) is 5.32 Å². The maximum Gasteiger partial charge on any atom is 0.264 e. The van der Waals surface area contributed by atoms with Crippen LogP contribution in [0.4, 0.5) is 14.5 Å². The third kappa shape index (κ3) is 5.66. The van der Waals surface area contributed by atoms with Crippen LogP contribution in [0.1, 0.15) is 11.1 Å². The molecule has 0 aliphatic rings. The van der Waals surface area contributed by atoms with Gasteiger partial charge in [0.2, 0.25) is 5.91 Å². The number of likely N-dealkylation sites (N-methyl/N-ethyl adjacent to an activating group) is 1. The number of rotatable bonds is 9. The lowest BCUT2D eigenvalue weighted by atomic mass is 10.0. The lowest BCUT2D eigenvalue weighted by molar-refractivity contribution is -0.119. The van der Waals surface area contributed by atoms with Crippen LogP contribution >= 0.6 is 11.6 Å². The van der Waals surface area contributed by atoms with Gasteiger partial charge in [-0.3, -0.25) is 9.10 Å². The number of hydrogen-bond donors (Lipinski definition) is 1. The van der Waals surface area contributed by atoms with Crippen molar-refractivity contribution in [2.24, 2.45) is 0 Å². The highest BCUT2D eigenvalue weighted by atomic mass is 35.5. The van der Waals surface area contributed by atoms with Crippen molar-refractivity contribution >= 4 is 33.2 Å². The van der Waals surface area contributed by atoms with Gasteiger partial charge in [-0.15, -0.1) is 0 Å². The van der Waals surface area contributed by atoms with E-state index in [1.807, 2.05) is 0 Å². The highest BCUT2D eigenvalue weighted by Crippen LogP contribution is 2.35. The Hall–Kier alpha value is -3.37. The van der Waals surface area contributed by atoms with Crippen LogP contribution < -0.4 is 19.1 Å². The molecule has 1 amide bonds. The molecular weight excluding hydrogens is 502 g/mol. The van der Waals surface area contributed by atoms with E-state index in [4.69, 9.17) is 21.1 Å². The highest BCUT2D eigenvalue weighted by Gasteiger charge is 2.30. The zero-order valence-electron chi connectivity index (χ0n) is 19.1. The Morgan fingerprint density at radius 1 is 1.00 bits per heavy atom. The van der Waals surface area contributed by atoms with Gasteiger partial charge in [0.1, 0.15) is 6.54 Å². The summed E-state index contributed by atoms with van der Waals surface area (Å²) in [5.41, 5.74) is 0.350. The Morgan fingerprint density at radius 3 is 2.37 bits per heavy atom. The molecule has 0 spiro atoms. The van der Waals surface area contributed by atoms with Crippen LogP contribution in [-0.2, 0) is 21.2 Å². The molecule has 0 heterocycles. The summed E-state index contributed by atoms with van der Waals surface area (Å²) in [6.07, 6.45) is -0.175. The number of nitrogens with zero attached hydrogens (tertiary/aromatic N) is 1. The third-order valence-electron chi connectivity index (χ3n) is 5.23. The van der Waals surface area contributed by atoms with Crippen molar-refractivity contribution in [3.63, 3.8) is 0 Å². The van der Waals surface area contributed by atoms with E-state index in [1.165, 1.54) is 69.8 Å². The fraction of sp³-hybridized carbons (Fsp3) is 0.208. The van der Waals surface area contributed by atoms with Gasteiger partial charge < -0.3 is 14.8 Å². The first-order valence-corrected chi connectivity index (χ1v) is 12.1. The molecule has 0 atom stereocenters. The Bertz CT molecular complexity index is 1350. The van der Waals surface area contributed by atoms with Crippen LogP contribution in [0.25, 0.3) is 0 Å². The second-order valence-corrected chi connectivity index (χ2v) is 9.66. The minimum atomic E-state index is -4.34. The minimum Gasteiger partial charge on any atom is -0.493 e. The topological polar surface area (TPSA) is 84.9 Å². The molecular formula is C24H23ClF2N2O5S. The summed E-state index contributed by atoms with van der Waals surface area (Å²) in [6.45, 7) is -0.576. The van der Waals surface area contributed by atoms with Crippen molar-refractivity contribution in [3.8, 4) is 11.5 Å². The molecule has 7 nitrogen and oxygen atoms in total.